The molecule has 0 saturated carbocycles. The summed E-state index contributed by atoms with van der Waals surface area (Å²) in [6.45, 7) is 2.08. The van der Waals surface area contributed by atoms with Gasteiger partial charge in [0.1, 0.15) is 6.61 Å². The number of aliphatic imine (C=N–C) groups is 1. The number of carbonyl (C=O) groups excluding carboxylic acids is 1. The normalized spacial score (nSPS) is 25.6. The summed E-state index contributed by atoms with van der Waals surface area (Å²) >= 11 is 1.38. The van der Waals surface area contributed by atoms with E-state index in [0.717, 1.165) is 24.9 Å². The van der Waals surface area contributed by atoms with Gasteiger partial charge >= 0.3 is 0 Å². The number of nitrogens with zero attached hydrogens (tertiary/aromatic N) is 2. The number of aryl methyl sites for hydroxylation is 1. The lowest BCUT2D eigenvalue weighted by atomic mass is 10.1. The van der Waals surface area contributed by atoms with E-state index in [1.807, 2.05) is 17.0 Å². The number of carbonyl (C=O) groups is 1. The fourth-order valence-corrected chi connectivity index (χ4v) is 7.26. The lowest BCUT2D eigenvalue weighted by molar-refractivity contribution is -0.121. The third kappa shape index (κ3) is 4.29. The first kappa shape index (κ1) is 19.4. The minimum Gasteiger partial charge on any atom is -0.375 e. The molecule has 3 rings (SSSR count). The van der Waals surface area contributed by atoms with Gasteiger partial charge in [-0.2, -0.15) is 4.99 Å². The summed E-state index contributed by atoms with van der Waals surface area (Å²) in [5.74, 6) is -0.132. The number of amides is 1. The van der Waals surface area contributed by atoms with Crippen molar-refractivity contribution in [1.29, 1.82) is 0 Å². The Kier molecular flexibility index (Phi) is 6.04. The summed E-state index contributed by atoms with van der Waals surface area (Å²) in [6.07, 6.45) is 3.31. The molecule has 2 aliphatic heterocycles. The molecule has 2 saturated heterocycles. The zero-order valence-electron chi connectivity index (χ0n) is 15.1. The number of methoxy groups -OCH3 is 1. The van der Waals surface area contributed by atoms with Gasteiger partial charge in [-0.05, 0) is 30.5 Å². The van der Waals surface area contributed by atoms with Crippen molar-refractivity contribution in [2.75, 3.05) is 30.1 Å². The average Bonchev–Trinajstić information content (AvgIpc) is 3.04. The first-order chi connectivity index (χ1) is 12.4. The van der Waals surface area contributed by atoms with Crippen LogP contribution in [0, 0.1) is 0 Å². The number of ether oxygens (including phenoxy) is 1. The smallest absolute Gasteiger partial charge is 0.274 e. The van der Waals surface area contributed by atoms with Crippen molar-refractivity contribution in [2.45, 2.75) is 37.5 Å². The maximum absolute atomic E-state index is 12.1. The first-order valence-corrected chi connectivity index (χ1v) is 11.5. The van der Waals surface area contributed by atoms with Crippen LogP contribution in [0.3, 0.4) is 0 Å². The standard InChI is InChI=1S/C18H24N2O4S2/c1-3-4-5-13-6-8-14(9-7-13)20-15-11-26(22,23)12-16(15)25-18(20)19-17(21)10-24-2/h6-9,15-16H,3-5,10-12H2,1-2H3/t15-,16+/m0/s1. The van der Waals surface area contributed by atoms with Crippen LogP contribution in [0.5, 0.6) is 0 Å². The van der Waals surface area contributed by atoms with Gasteiger partial charge in [0.2, 0.25) is 0 Å². The monoisotopic (exact) mass is 396 g/mol. The third-order valence-electron chi connectivity index (χ3n) is 4.59. The molecule has 0 aliphatic carbocycles. The Morgan fingerprint density at radius 3 is 2.69 bits per heavy atom. The van der Waals surface area contributed by atoms with Gasteiger partial charge in [-0.15, -0.1) is 0 Å². The number of anilines is 1. The predicted molar refractivity (Wildman–Crippen MR) is 106 cm³/mol. The van der Waals surface area contributed by atoms with Crippen LogP contribution in [0.15, 0.2) is 29.3 Å². The molecule has 2 atom stereocenters. The number of thioether (sulfide) groups is 1. The fourth-order valence-electron chi connectivity index (χ4n) is 3.33. The summed E-state index contributed by atoms with van der Waals surface area (Å²) in [6, 6.07) is 7.95. The van der Waals surface area contributed by atoms with Crippen molar-refractivity contribution in [2.24, 2.45) is 4.99 Å². The number of hydrogen-bond donors (Lipinski definition) is 0. The van der Waals surface area contributed by atoms with Gasteiger partial charge in [0.05, 0.1) is 17.5 Å². The van der Waals surface area contributed by atoms with E-state index >= 15 is 0 Å². The van der Waals surface area contributed by atoms with Crippen LogP contribution in [0.25, 0.3) is 0 Å². The fraction of sp³-hybridized carbons (Fsp3) is 0.556. The predicted octanol–water partition coefficient (Wildman–Crippen LogP) is 2.28. The Balaban J connectivity index is 1.89. The van der Waals surface area contributed by atoms with Crippen molar-refractivity contribution in [1.82, 2.24) is 0 Å². The quantitative estimate of drug-likeness (QED) is 0.734. The van der Waals surface area contributed by atoms with Gasteiger partial charge in [0, 0.05) is 18.0 Å². The summed E-state index contributed by atoms with van der Waals surface area (Å²) < 4.78 is 29.0. The van der Waals surface area contributed by atoms with Crippen LogP contribution >= 0.6 is 11.8 Å². The number of hydrogen-bond acceptors (Lipinski definition) is 5. The lowest BCUT2D eigenvalue weighted by Gasteiger charge is -2.24. The molecular weight excluding hydrogens is 372 g/mol. The van der Waals surface area contributed by atoms with Crippen molar-refractivity contribution >= 4 is 38.4 Å². The van der Waals surface area contributed by atoms with Gasteiger partial charge in [0.25, 0.3) is 5.91 Å². The molecule has 2 aliphatic rings. The largest absolute Gasteiger partial charge is 0.375 e. The molecule has 1 amide bonds. The van der Waals surface area contributed by atoms with Gasteiger partial charge in [-0.25, -0.2) is 8.42 Å². The molecule has 142 valence electrons. The summed E-state index contributed by atoms with van der Waals surface area (Å²) in [4.78, 5) is 18.0. The lowest BCUT2D eigenvalue weighted by Crippen LogP contribution is -2.37. The number of sulfone groups is 1. The molecule has 0 radical (unpaired) electrons. The Morgan fingerprint density at radius 2 is 2.04 bits per heavy atom. The number of benzene rings is 1. The van der Waals surface area contributed by atoms with E-state index in [9.17, 15) is 13.2 Å². The summed E-state index contributed by atoms with van der Waals surface area (Å²) in [5.41, 5.74) is 2.14. The Labute approximate surface area is 158 Å². The molecule has 2 fully saturated rings. The van der Waals surface area contributed by atoms with Crippen LogP contribution in [-0.2, 0) is 25.8 Å². The second kappa shape index (κ2) is 8.10. The molecule has 0 aromatic heterocycles. The highest BCUT2D eigenvalue weighted by molar-refractivity contribution is 8.16. The maximum atomic E-state index is 12.1. The molecule has 0 bridgehead atoms. The number of fused-ring (bicyclic) bond motifs is 1. The summed E-state index contributed by atoms with van der Waals surface area (Å²) in [5, 5.41) is 0.479. The maximum Gasteiger partial charge on any atom is 0.274 e. The Morgan fingerprint density at radius 1 is 1.31 bits per heavy atom. The molecule has 1 aromatic carbocycles. The van der Waals surface area contributed by atoms with E-state index in [2.05, 4.69) is 24.0 Å². The van der Waals surface area contributed by atoms with E-state index in [-0.39, 0.29) is 35.3 Å². The van der Waals surface area contributed by atoms with E-state index < -0.39 is 9.84 Å². The summed E-state index contributed by atoms with van der Waals surface area (Å²) in [7, 11) is -1.60. The highest BCUT2D eigenvalue weighted by atomic mass is 32.2. The van der Waals surface area contributed by atoms with Crippen LogP contribution in [-0.4, -0.2) is 56.0 Å². The topological polar surface area (TPSA) is 76.0 Å². The average molecular weight is 397 g/mol. The Hall–Kier alpha value is -1.38. The number of unbranched alkanes of at least 4 members (excludes halogenated alkanes) is 1. The second-order valence-corrected chi connectivity index (χ2v) is 10.0. The van der Waals surface area contributed by atoms with Crippen molar-refractivity contribution in [3.8, 4) is 0 Å². The molecule has 26 heavy (non-hydrogen) atoms. The molecule has 8 heteroatoms. The first-order valence-electron chi connectivity index (χ1n) is 8.79. The van der Waals surface area contributed by atoms with E-state index in [1.54, 1.807) is 0 Å². The van der Waals surface area contributed by atoms with Crippen LogP contribution in [0.2, 0.25) is 0 Å². The molecule has 0 spiro atoms. The highest BCUT2D eigenvalue weighted by Crippen LogP contribution is 2.41. The van der Waals surface area contributed by atoms with Gasteiger partial charge in [-0.3, -0.25) is 4.79 Å². The van der Waals surface area contributed by atoms with Crippen LogP contribution in [0.1, 0.15) is 25.3 Å². The SMILES string of the molecule is CCCCc1ccc(N2C(=NC(=O)COC)S[C@@H]3CS(=O)(=O)C[C@@H]32)cc1. The zero-order chi connectivity index (χ0) is 18.7. The zero-order valence-corrected chi connectivity index (χ0v) is 16.7. The molecular formula is C18H24N2O4S2. The molecule has 2 heterocycles. The van der Waals surface area contributed by atoms with E-state index in [4.69, 9.17) is 4.74 Å². The molecule has 0 N–H and O–H groups in total. The van der Waals surface area contributed by atoms with Gasteiger partial charge in [-0.1, -0.05) is 37.2 Å². The van der Waals surface area contributed by atoms with E-state index in [0.29, 0.717) is 5.17 Å². The second-order valence-electron chi connectivity index (χ2n) is 6.66. The van der Waals surface area contributed by atoms with E-state index in [1.165, 1.54) is 24.4 Å². The van der Waals surface area contributed by atoms with Crippen molar-refractivity contribution < 1.29 is 17.9 Å². The van der Waals surface area contributed by atoms with Crippen LogP contribution < -0.4 is 4.90 Å². The highest BCUT2D eigenvalue weighted by Gasteiger charge is 2.49. The van der Waals surface area contributed by atoms with Gasteiger partial charge in [0.15, 0.2) is 15.0 Å². The number of rotatable bonds is 6. The number of amidine groups is 1. The molecule has 0 unspecified atom stereocenters. The molecule has 1 aromatic rings. The Bertz CT molecular complexity index is 790. The van der Waals surface area contributed by atoms with Gasteiger partial charge < -0.3 is 9.64 Å². The van der Waals surface area contributed by atoms with Crippen LogP contribution in [0.4, 0.5) is 5.69 Å². The molecule has 6 nitrogen and oxygen atoms in total. The third-order valence-corrected chi connectivity index (χ3v) is 7.80. The minimum atomic E-state index is -3.06. The van der Waals surface area contributed by atoms with Crippen molar-refractivity contribution in [3.05, 3.63) is 29.8 Å². The minimum absolute atomic E-state index is 0.0819. The van der Waals surface area contributed by atoms with Crippen molar-refractivity contribution in [3.63, 3.8) is 0 Å².